The minimum Gasteiger partial charge on any atom is -0.435 e. The van der Waals surface area contributed by atoms with Crippen molar-refractivity contribution in [2.75, 3.05) is 6.54 Å². The lowest BCUT2D eigenvalue weighted by atomic mass is 10.2. The Bertz CT molecular complexity index is 474. The largest absolute Gasteiger partial charge is 0.527 e. The van der Waals surface area contributed by atoms with Gasteiger partial charge in [0, 0.05) is 12.8 Å². The third-order valence-electron chi connectivity index (χ3n) is 3.76. The maximum absolute atomic E-state index is 12.2. The molecule has 1 aromatic carbocycles. The van der Waals surface area contributed by atoms with Crippen molar-refractivity contribution >= 4 is 12.2 Å². The second kappa shape index (κ2) is 5.40. The molecule has 19 heavy (non-hydrogen) atoms. The van der Waals surface area contributed by atoms with E-state index in [1.165, 1.54) is 0 Å². The number of carboxylic acid groups (broad SMARTS) is 1. The van der Waals surface area contributed by atoms with Gasteiger partial charge in [0.25, 0.3) is 0 Å². The molecule has 1 saturated heterocycles. The molecule has 1 N–H and O–H groups in total. The van der Waals surface area contributed by atoms with Gasteiger partial charge in [0.2, 0.25) is 0 Å². The zero-order valence-corrected chi connectivity index (χ0v) is 10.9. The molecule has 5 heteroatoms. The fraction of sp³-hybridized carbons (Fsp3) is 0.429. The summed E-state index contributed by atoms with van der Waals surface area (Å²) in [6.07, 6.45) is -0.329. The van der Waals surface area contributed by atoms with Gasteiger partial charge in [-0.15, -0.1) is 4.48 Å². The van der Waals surface area contributed by atoms with E-state index in [9.17, 15) is 14.7 Å². The third kappa shape index (κ3) is 2.46. The van der Waals surface area contributed by atoms with E-state index >= 15 is 0 Å². The van der Waals surface area contributed by atoms with Gasteiger partial charge in [-0.25, -0.2) is 0 Å². The molecule has 0 spiro atoms. The fourth-order valence-corrected chi connectivity index (χ4v) is 2.54. The highest BCUT2D eigenvalue weighted by Crippen LogP contribution is 2.29. The van der Waals surface area contributed by atoms with Crippen LogP contribution in [-0.4, -0.2) is 34.4 Å². The molecule has 2 rings (SSSR count). The average Bonchev–Trinajstić information content (AvgIpc) is 2.80. The predicted octanol–water partition coefficient (Wildman–Crippen LogP) is 3.00. The normalized spacial score (nSPS) is 26.1. The Hall–Kier alpha value is -1.88. The van der Waals surface area contributed by atoms with Crippen LogP contribution >= 0.6 is 0 Å². The van der Waals surface area contributed by atoms with Crippen LogP contribution < -0.4 is 0 Å². The SMILES string of the molecule is CC1CCC[N+]1(C(=O)O)C(=O)OCc1ccccc1. The Morgan fingerprint density at radius 2 is 2.05 bits per heavy atom. The highest BCUT2D eigenvalue weighted by molar-refractivity contribution is 5.75. The maximum atomic E-state index is 12.2. The first-order chi connectivity index (χ1) is 9.07. The van der Waals surface area contributed by atoms with Gasteiger partial charge < -0.3 is 9.84 Å². The summed E-state index contributed by atoms with van der Waals surface area (Å²) in [6.45, 7) is 2.20. The molecule has 1 fully saturated rings. The van der Waals surface area contributed by atoms with Crippen LogP contribution in [0.1, 0.15) is 25.3 Å². The van der Waals surface area contributed by atoms with Gasteiger partial charge in [-0.3, -0.25) is 0 Å². The van der Waals surface area contributed by atoms with Crippen molar-refractivity contribution in [1.29, 1.82) is 0 Å². The Labute approximate surface area is 112 Å². The molecule has 2 unspecified atom stereocenters. The molecule has 1 aliphatic rings. The lowest BCUT2D eigenvalue weighted by molar-refractivity contribution is -0.795. The van der Waals surface area contributed by atoms with Gasteiger partial charge in [-0.2, -0.15) is 9.59 Å². The van der Waals surface area contributed by atoms with Gasteiger partial charge in [0.1, 0.15) is 19.2 Å². The molecule has 1 aliphatic heterocycles. The Morgan fingerprint density at radius 1 is 1.37 bits per heavy atom. The molecule has 2 atom stereocenters. The molecule has 0 aromatic heterocycles. The number of carbonyl (C=O) groups is 2. The zero-order chi connectivity index (χ0) is 13.9. The molecule has 0 bridgehead atoms. The smallest absolute Gasteiger partial charge is 0.435 e. The molecule has 1 aromatic rings. The van der Waals surface area contributed by atoms with Gasteiger partial charge in [0.05, 0.1) is 0 Å². The van der Waals surface area contributed by atoms with Crippen LogP contribution in [0.3, 0.4) is 0 Å². The number of hydrogen-bond donors (Lipinski definition) is 1. The van der Waals surface area contributed by atoms with E-state index in [2.05, 4.69) is 0 Å². The number of amides is 2. The van der Waals surface area contributed by atoms with Crippen LogP contribution in [0.2, 0.25) is 0 Å². The van der Waals surface area contributed by atoms with Gasteiger partial charge in [0.15, 0.2) is 0 Å². The van der Waals surface area contributed by atoms with E-state index in [-0.39, 0.29) is 12.6 Å². The van der Waals surface area contributed by atoms with Crippen molar-refractivity contribution in [3.8, 4) is 0 Å². The first kappa shape index (κ1) is 13.5. The molecule has 5 nitrogen and oxygen atoms in total. The zero-order valence-electron chi connectivity index (χ0n) is 10.9. The summed E-state index contributed by atoms with van der Waals surface area (Å²) in [4.78, 5) is 23.6. The summed E-state index contributed by atoms with van der Waals surface area (Å²) in [6, 6.07) is 9.02. The number of quaternary nitrogens is 1. The highest BCUT2D eigenvalue weighted by Gasteiger charge is 2.54. The van der Waals surface area contributed by atoms with E-state index in [1.54, 1.807) is 6.92 Å². The molecule has 0 saturated carbocycles. The third-order valence-corrected chi connectivity index (χ3v) is 3.76. The number of carbonyl (C=O) groups excluding carboxylic acids is 1. The van der Waals surface area contributed by atoms with Crippen molar-refractivity contribution in [1.82, 2.24) is 0 Å². The van der Waals surface area contributed by atoms with Crippen LogP contribution in [-0.2, 0) is 11.3 Å². The molecule has 1 heterocycles. The Kier molecular flexibility index (Phi) is 3.85. The number of benzene rings is 1. The quantitative estimate of drug-likeness (QED) is 0.834. The molecule has 0 aliphatic carbocycles. The summed E-state index contributed by atoms with van der Waals surface area (Å²) >= 11 is 0. The molecular formula is C14H18NO4+. The summed E-state index contributed by atoms with van der Waals surface area (Å²) in [7, 11) is 0. The lowest BCUT2D eigenvalue weighted by Crippen LogP contribution is -2.58. The first-order valence-corrected chi connectivity index (χ1v) is 6.40. The van der Waals surface area contributed by atoms with Crippen molar-refractivity contribution < 1.29 is 23.9 Å². The Balaban J connectivity index is 2.07. The monoisotopic (exact) mass is 264 g/mol. The molecular weight excluding hydrogens is 246 g/mol. The number of imide groups is 1. The highest BCUT2D eigenvalue weighted by atomic mass is 16.6. The van der Waals surface area contributed by atoms with Gasteiger partial charge in [-0.05, 0) is 12.5 Å². The van der Waals surface area contributed by atoms with Crippen LogP contribution in [0.5, 0.6) is 0 Å². The first-order valence-electron chi connectivity index (χ1n) is 6.40. The van der Waals surface area contributed by atoms with Crippen LogP contribution in [0.15, 0.2) is 30.3 Å². The maximum Gasteiger partial charge on any atom is 0.527 e. The van der Waals surface area contributed by atoms with Gasteiger partial charge >= 0.3 is 12.2 Å². The van der Waals surface area contributed by atoms with E-state index in [1.807, 2.05) is 30.3 Å². The van der Waals surface area contributed by atoms with Crippen LogP contribution in [0.4, 0.5) is 9.59 Å². The van der Waals surface area contributed by atoms with Crippen LogP contribution in [0, 0.1) is 0 Å². The van der Waals surface area contributed by atoms with E-state index in [0.29, 0.717) is 6.54 Å². The molecule has 0 radical (unpaired) electrons. The minimum absolute atomic E-state index is 0.111. The summed E-state index contributed by atoms with van der Waals surface area (Å²) in [5.74, 6) is 0. The van der Waals surface area contributed by atoms with E-state index in [0.717, 1.165) is 18.4 Å². The lowest BCUT2D eigenvalue weighted by Gasteiger charge is -2.27. The van der Waals surface area contributed by atoms with Crippen molar-refractivity contribution in [3.63, 3.8) is 0 Å². The predicted molar refractivity (Wildman–Crippen MR) is 68.5 cm³/mol. The minimum atomic E-state index is -1.12. The summed E-state index contributed by atoms with van der Waals surface area (Å²) in [5, 5.41) is 9.37. The van der Waals surface area contributed by atoms with Crippen molar-refractivity contribution in [3.05, 3.63) is 35.9 Å². The van der Waals surface area contributed by atoms with E-state index < -0.39 is 16.7 Å². The van der Waals surface area contributed by atoms with Gasteiger partial charge in [-0.1, -0.05) is 30.3 Å². The number of hydrogen-bond acceptors (Lipinski definition) is 3. The summed E-state index contributed by atoms with van der Waals surface area (Å²) in [5.41, 5.74) is 0.853. The topological polar surface area (TPSA) is 63.6 Å². The second-order valence-electron chi connectivity index (χ2n) is 4.91. The average molecular weight is 264 g/mol. The fourth-order valence-electron chi connectivity index (χ4n) is 2.54. The van der Waals surface area contributed by atoms with Crippen LogP contribution in [0.25, 0.3) is 0 Å². The molecule has 102 valence electrons. The standard InChI is InChI=1S/C14H17NO4/c1-11-6-5-9-15(11,13(16)17)14(18)19-10-12-7-3-2-4-8-12/h2-4,7-8,11H,5-6,9-10H2,1H3/p+1. The van der Waals surface area contributed by atoms with Crippen molar-refractivity contribution in [2.45, 2.75) is 32.4 Å². The number of nitrogens with zero attached hydrogens (tertiary/aromatic N) is 1. The van der Waals surface area contributed by atoms with Crippen molar-refractivity contribution in [2.24, 2.45) is 0 Å². The number of likely N-dealkylation sites (tertiary alicyclic amines) is 1. The number of rotatable bonds is 2. The molecule has 2 amide bonds. The summed E-state index contributed by atoms with van der Waals surface area (Å²) < 4.78 is 4.60. The number of ether oxygens (including phenoxy) is 1. The second-order valence-corrected chi connectivity index (χ2v) is 4.91. The Morgan fingerprint density at radius 3 is 2.58 bits per heavy atom. The van der Waals surface area contributed by atoms with E-state index in [4.69, 9.17) is 4.74 Å².